The number of benzene rings is 3. The van der Waals surface area contributed by atoms with E-state index in [9.17, 15) is 22.4 Å². The van der Waals surface area contributed by atoms with E-state index in [4.69, 9.17) is 14.2 Å². The summed E-state index contributed by atoms with van der Waals surface area (Å²) in [5.74, 6) is -0.530. The minimum atomic E-state index is -4.40. The van der Waals surface area contributed by atoms with Crippen molar-refractivity contribution in [2.75, 3.05) is 32.2 Å². The molecule has 232 valence electrons. The molecule has 0 radical (unpaired) electrons. The molecule has 0 unspecified atom stereocenters. The maximum absolute atomic E-state index is 14.1. The number of ether oxygens (including phenoxy) is 3. The van der Waals surface area contributed by atoms with Crippen LogP contribution in [0.3, 0.4) is 0 Å². The van der Waals surface area contributed by atoms with Gasteiger partial charge in [0.15, 0.2) is 11.5 Å². The van der Waals surface area contributed by atoms with Gasteiger partial charge in [-0.15, -0.1) is 0 Å². The molecule has 3 rings (SSSR count). The Morgan fingerprint density at radius 2 is 1.58 bits per heavy atom. The molecule has 0 saturated carbocycles. The van der Waals surface area contributed by atoms with Crippen molar-refractivity contribution in [3.05, 3.63) is 78.1 Å². The second-order valence-electron chi connectivity index (χ2n) is 9.97. The van der Waals surface area contributed by atoms with Crippen LogP contribution in [-0.4, -0.2) is 65.1 Å². The van der Waals surface area contributed by atoms with E-state index in [1.165, 1.54) is 56.6 Å². The first-order chi connectivity index (χ1) is 20.4. The van der Waals surface area contributed by atoms with Gasteiger partial charge in [-0.1, -0.05) is 19.1 Å². The Bertz CT molecular complexity index is 1510. The Balaban J connectivity index is 2.11. The number of hydrogen-bond acceptors (Lipinski definition) is 7. The zero-order valence-corrected chi connectivity index (χ0v) is 26.0. The van der Waals surface area contributed by atoms with Gasteiger partial charge in [0.05, 0.1) is 31.9 Å². The van der Waals surface area contributed by atoms with Gasteiger partial charge in [0.2, 0.25) is 11.8 Å². The van der Waals surface area contributed by atoms with E-state index in [1.54, 1.807) is 31.2 Å². The monoisotopic (exact) mass is 615 g/mol. The second-order valence-corrected chi connectivity index (χ2v) is 11.8. The van der Waals surface area contributed by atoms with Crippen molar-refractivity contribution in [2.24, 2.45) is 0 Å². The Kier molecular flexibility index (Phi) is 11.4. The first-order valence-corrected chi connectivity index (χ1v) is 15.1. The van der Waals surface area contributed by atoms with Gasteiger partial charge in [0.25, 0.3) is 10.0 Å². The topological polar surface area (TPSA) is 114 Å². The Morgan fingerprint density at radius 1 is 0.907 bits per heavy atom. The molecule has 0 aliphatic carbocycles. The van der Waals surface area contributed by atoms with Gasteiger partial charge >= 0.3 is 0 Å². The molecule has 0 aliphatic rings. The zero-order valence-electron chi connectivity index (χ0n) is 25.2. The number of hydrogen-bond donors (Lipinski definition) is 1. The molecule has 0 aliphatic heterocycles. The van der Waals surface area contributed by atoms with E-state index in [1.807, 2.05) is 13.8 Å². The van der Waals surface area contributed by atoms with Crippen LogP contribution in [0.1, 0.15) is 32.8 Å². The summed E-state index contributed by atoms with van der Waals surface area (Å²) in [5.41, 5.74) is 0.741. The van der Waals surface area contributed by atoms with Gasteiger partial charge < -0.3 is 24.4 Å². The smallest absolute Gasteiger partial charge is 0.264 e. The molecule has 0 heterocycles. The molecule has 0 aromatic heterocycles. The van der Waals surface area contributed by atoms with Crippen LogP contribution in [0.4, 0.5) is 10.1 Å². The lowest BCUT2D eigenvalue weighted by molar-refractivity contribution is -0.140. The highest BCUT2D eigenvalue weighted by Gasteiger charge is 2.34. The van der Waals surface area contributed by atoms with Crippen LogP contribution < -0.4 is 23.8 Å². The summed E-state index contributed by atoms with van der Waals surface area (Å²) in [7, 11) is -0.0840. The van der Waals surface area contributed by atoms with E-state index < -0.39 is 34.3 Å². The quantitative estimate of drug-likeness (QED) is 0.286. The Labute approximate surface area is 252 Å². The molecule has 1 N–H and O–H groups in total. The Morgan fingerprint density at radius 3 is 2.16 bits per heavy atom. The lowest BCUT2D eigenvalue weighted by Crippen LogP contribution is -2.53. The van der Waals surface area contributed by atoms with Crippen molar-refractivity contribution in [3.8, 4) is 17.2 Å². The number of carbonyl (C=O) groups excluding carboxylic acids is 2. The normalized spacial score (nSPS) is 11.9. The van der Waals surface area contributed by atoms with E-state index in [-0.39, 0.29) is 41.2 Å². The molecule has 43 heavy (non-hydrogen) atoms. The van der Waals surface area contributed by atoms with E-state index in [0.29, 0.717) is 17.1 Å². The number of carbonyl (C=O) groups is 2. The molecular formula is C31H38FN3O7S. The number of halogens is 1. The van der Waals surface area contributed by atoms with Gasteiger partial charge in [-0.05, 0) is 74.4 Å². The third kappa shape index (κ3) is 8.16. The number of methoxy groups -OCH3 is 3. The van der Waals surface area contributed by atoms with Crippen molar-refractivity contribution in [1.29, 1.82) is 0 Å². The summed E-state index contributed by atoms with van der Waals surface area (Å²) < 4.78 is 58.8. The predicted molar refractivity (Wildman–Crippen MR) is 161 cm³/mol. The number of sulfonamides is 1. The largest absolute Gasteiger partial charge is 0.497 e. The maximum atomic E-state index is 14.1. The predicted octanol–water partition coefficient (Wildman–Crippen LogP) is 4.38. The van der Waals surface area contributed by atoms with Gasteiger partial charge in [0.1, 0.15) is 24.2 Å². The number of anilines is 1. The fourth-order valence-corrected chi connectivity index (χ4v) is 5.94. The second kappa shape index (κ2) is 14.7. The zero-order chi connectivity index (χ0) is 31.7. The van der Waals surface area contributed by atoms with Gasteiger partial charge in [-0.3, -0.25) is 13.9 Å². The number of amides is 2. The molecule has 3 aromatic carbocycles. The van der Waals surface area contributed by atoms with Crippen LogP contribution in [-0.2, 0) is 26.2 Å². The van der Waals surface area contributed by atoms with E-state index in [0.717, 1.165) is 16.4 Å². The molecule has 0 bridgehead atoms. The summed E-state index contributed by atoms with van der Waals surface area (Å²) in [6.45, 7) is 4.73. The number of nitrogens with zero attached hydrogens (tertiary/aromatic N) is 2. The average Bonchev–Trinajstić information content (AvgIpc) is 2.99. The summed E-state index contributed by atoms with van der Waals surface area (Å²) >= 11 is 0. The van der Waals surface area contributed by atoms with Crippen molar-refractivity contribution in [2.45, 2.75) is 50.7 Å². The first kappa shape index (κ1) is 33.2. The van der Waals surface area contributed by atoms with Crippen molar-refractivity contribution in [1.82, 2.24) is 10.2 Å². The SMILES string of the molecule is CC[C@@H](C(=O)NC(C)C)N(Cc1cccc(OC)c1)C(=O)CN(c1ccc(F)cc1)S(=O)(=O)c1ccc(OC)c(OC)c1. The third-order valence-corrected chi connectivity index (χ3v) is 8.41. The molecular weight excluding hydrogens is 577 g/mol. The molecule has 0 spiro atoms. The Hall–Kier alpha value is -4.32. The summed E-state index contributed by atoms with van der Waals surface area (Å²) in [6.07, 6.45) is 0.271. The van der Waals surface area contributed by atoms with Crippen LogP contribution in [0.25, 0.3) is 0 Å². The fourth-order valence-electron chi connectivity index (χ4n) is 4.51. The van der Waals surface area contributed by atoms with E-state index >= 15 is 0 Å². The van der Waals surface area contributed by atoms with Gasteiger partial charge in [-0.25, -0.2) is 12.8 Å². The van der Waals surface area contributed by atoms with Crippen molar-refractivity contribution in [3.63, 3.8) is 0 Å². The van der Waals surface area contributed by atoms with Crippen molar-refractivity contribution < 1.29 is 36.6 Å². The minimum absolute atomic E-state index is 0.00766. The molecule has 0 saturated heterocycles. The summed E-state index contributed by atoms with van der Waals surface area (Å²) in [4.78, 5) is 28.6. The van der Waals surface area contributed by atoms with Gasteiger partial charge in [-0.2, -0.15) is 0 Å². The first-order valence-electron chi connectivity index (χ1n) is 13.7. The minimum Gasteiger partial charge on any atom is -0.497 e. The molecule has 2 amide bonds. The van der Waals surface area contributed by atoms with E-state index in [2.05, 4.69) is 5.32 Å². The standard InChI is InChI=1S/C31H38FN3O7S/c1-7-27(31(37)33-21(2)3)34(19-22-9-8-10-25(17-22)40-4)30(36)20-35(24-13-11-23(32)12-14-24)43(38,39)26-15-16-28(41-5)29(18-26)42-6/h8-18,21,27H,7,19-20H2,1-6H3,(H,33,37)/t27-/m0/s1. The van der Waals surface area contributed by atoms with Crippen molar-refractivity contribution >= 4 is 27.5 Å². The third-order valence-electron chi connectivity index (χ3n) is 6.64. The molecule has 10 nitrogen and oxygen atoms in total. The van der Waals surface area contributed by atoms with Gasteiger partial charge in [0, 0.05) is 18.7 Å². The molecule has 1 atom stereocenters. The summed E-state index contributed by atoms with van der Waals surface area (Å²) in [6, 6.07) is 14.8. The molecule has 12 heteroatoms. The van der Waals surface area contributed by atoms with Crippen LogP contribution in [0.15, 0.2) is 71.6 Å². The van der Waals surface area contributed by atoms with Crippen LogP contribution in [0, 0.1) is 5.82 Å². The maximum Gasteiger partial charge on any atom is 0.264 e. The highest BCUT2D eigenvalue weighted by molar-refractivity contribution is 7.92. The number of rotatable bonds is 14. The average molecular weight is 616 g/mol. The molecule has 3 aromatic rings. The van der Waals surface area contributed by atoms with Crippen LogP contribution in [0.5, 0.6) is 17.2 Å². The highest BCUT2D eigenvalue weighted by atomic mass is 32.2. The highest BCUT2D eigenvalue weighted by Crippen LogP contribution is 2.32. The number of nitrogens with one attached hydrogen (secondary N) is 1. The van der Waals surface area contributed by atoms with Crippen LogP contribution in [0.2, 0.25) is 0 Å². The van der Waals surface area contributed by atoms with Crippen LogP contribution >= 0.6 is 0 Å². The lowest BCUT2D eigenvalue weighted by Gasteiger charge is -2.33. The summed E-state index contributed by atoms with van der Waals surface area (Å²) in [5, 5.41) is 2.85. The molecule has 0 fully saturated rings. The lowest BCUT2D eigenvalue weighted by atomic mass is 10.1. The fraction of sp³-hybridized carbons (Fsp3) is 0.355.